The Hall–Kier alpha value is -1.29. The van der Waals surface area contributed by atoms with E-state index in [9.17, 15) is 0 Å². The molecule has 0 unspecified atom stereocenters. The van der Waals surface area contributed by atoms with Gasteiger partial charge in [-0.05, 0) is 42.8 Å². The number of benzene rings is 1. The van der Waals surface area contributed by atoms with Crippen molar-refractivity contribution < 1.29 is 4.43 Å². The van der Waals surface area contributed by atoms with Gasteiger partial charge in [0.15, 0.2) is 0 Å². The topological polar surface area (TPSA) is 45.1 Å². The first-order valence-electron chi connectivity index (χ1n) is 7.21. The molecule has 112 valence electrons. The van der Waals surface area contributed by atoms with Crippen LogP contribution in [0.25, 0.3) is 0 Å². The minimum absolute atomic E-state index is 0.174. The molecule has 0 aliphatic rings. The molecule has 0 bridgehead atoms. The lowest BCUT2D eigenvalue weighted by Crippen LogP contribution is -2.43. The highest BCUT2D eigenvalue weighted by Gasteiger charge is 2.39. The molecule has 4 heteroatoms. The molecule has 0 saturated heterocycles. The van der Waals surface area contributed by atoms with Crippen LogP contribution >= 0.6 is 0 Å². The van der Waals surface area contributed by atoms with Gasteiger partial charge in [-0.1, -0.05) is 27.7 Å². The van der Waals surface area contributed by atoms with Gasteiger partial charge in [-0.3, -0.25) is 0 Å². The van der Waals surface area contributed by atoms with Crippen LogP contribution in [-0.2, 0) is 0 Å². The predicted molar refractivity (Wildman–Crippen MR) is 90.9 cm³/mol. The molecule has 1 aromatic carbocycles. The second-order valence-electron chi connectivity index (χ2n) is 6.65. The number of anilines is 1. The molecular formula is C16H28N2OSi. The first-order valence-corrected chi connectivity index (χ1v) is 10.1. The Bertz CT molecular complexity index is 490. The second kappa shape index (κ2) is 6.00. The van der Waals surface area contributed by atoms with Crippen molar-refractivity contribution in [2.75, 3.05) is 12.4 Å². The number of rotatable bonds is 5. The van der Waals surface area contributed by atoms with E-state index in [0.717, 1.165) is 23.4 Å². The lowest BCUT2D eigenvalue weighted by atomic mass is 10.1. The van der Waals surface area contributed by atoms with Crippen LogP contribution in [0.15, 0.2) is 18.2 Å². The van der Waals surface area contributed by atoms with Crippen LogP contribution in [-0.4, -0.2) is 21.1 Å². The van der Waals surface area contributed by atoms with Crippen molar-refractivity contribution >= 4 is 19.7 Å². The van der Waals surface area contributed by atoms with E-state index in [1.165, 1.54) is 0 Å². The molecule has 1 rings (SSSR count). The van der Waals surface area contributed by atoms with Crippen molar-refractivity contribution in [1.82, 2.24) is 0 Å². The standard InChI is InChI=1S/C16H28N2OSi/c1-8-14(17)13-11-12(9-10-15(13)18-5)19-20(6,7)16(2,3)4/h9-11,17-18H,8H2,1-7H3. The molecule has 0 saturated carbocycles. The zero-order valence-corrected chi connectivity index (χ0v) is 14.8. The molecule has 0 atom stereocenters. The van der Waals surface area contributed by atoms with Crippen LogP contribution in [0.5, 0.6) is 5.75 Å². The molecule has 0 heterocycles. The Morgan fingerprint density at radius 2 is 1.90 bits per heavy atom. The summed E-state index contributed by atoms with van der Waals surface area (Å²) < 4.78 is 6.32. The first kappa shape index (κ1) is 16.8. The summed E-state index contributed by atoms with van der Waals surface area (Å²) >= 11 is 0. The fourth-order valence-electron chi connectivity index (χ4n) is 1.69. The monoisotopic (exact) mass is 292 g/mol. The van der Waals surface area contributed by atoms with Crippen LogP contribution in [0.1, 0.15) is 39.7 Å². The van der Waals surface area contributed by atoms with Crippen LogP contribution in [0.3, 0.4) is 0 Å². The van der Waals surface area contributed by atoms with Gasteiger partial charge in [0.1, 0.15) is 5.75 Å². The van der Waals surface area contributed by atoms with Gasteiger partial charge < -0.3 is 15.2 Å². The Balaban J connectivity index is 3.13. The zero-order chi connectivity index (χ0) is 15.6. The summed E-state index contributed by atoms with van der Waals surface area (Å²) in [6, 6.07) is 6.00. The lowest BCUT2D eigenvalue weighted by Gasteiger charge is -2.36. The van der Waals surface area contributed by atoms with Crippen LogP contribution in [0.2, 0.25) is 18.1 Å². The van der Waals surface area contributed by atoms with E-state index >= 15 is 0 Å². The molecule has 2 N–H and O–H groups in total. The maximum absolute atomic E-state index is 8.09. The highest BCUT2D eigenvalue weighted by Crippen LogP contribution is 2.38. The minimum Gasteiger partial charge on any atom is -0.543 e. The van der Waals surface area contributed by atoms with Crippen molar-refractivity contribution in [3.63, 3.8) is 0 Å². The van der Waals surface area contributed by atoms with E-state index < -0.39 is 8.32 Å². The van der Waals surface area contributed by atoms with Gasteiger partial charge in [0.05, 0.1) is 0 Å². The van der Waals surface area contributed by atoms with Crippen LogP contribution in [0, 0.1) is 5.41 Å². The Labute approximate surface area is 124 Å². The van der Waals surface area contributed by atoms with Gasteiger partial charge in [-0.2, -0.15) is 0 Å². The summed E-state index contributed by atoms with van der Waals surface area (Å²) in [5.74, 6) is 0.879. The Kier molecular flexibility index (Phi) is 5.03. The fraction of sp³-hybridized carbons (Fsp3) is 0.562. The van der Waals surface area contributed by atoms with Gasteiger partial charge in [0, 0.05) is 24.0 Å². The largest absolute Gasteiger partial charge is 0.543 e. The Morgan fingerprint density at radius 3 is 2.35 bits per heavy atom. The molecule has 0 aliphatic carbocycles. The zero-order valence-electron chi connectivity index (χ0n) is 13.8. The van der Waals surface area contributed by atoms with E-state index in [4.69, 9.17) is 9.84 Å². The first-order chi connectivity index (χ1) is 9.12. The summed E-state index contributed by atoms with van der Waals surface area (Å²) in [5, 5.41) is 11.4. The molecule has 0 aromatic heterocycles. The second-order valence-corrected chi connectivity index (χ2v) is 11.4. The molecule has 3 nitrogen and oxygen atoms in total. The molecule has 0 amide bonds. The lowest BCUT2D eigenvalue weighted by molar-refractivity contribution is 0.492. The van der Waals surface area contributed by atoms with Crippen molar-refractivity contribution in [3.05, 3.63) is 23.8 Å². The average Bonchev–Trinajstić information content (AvgIpc) is 2.36. The molecule has 0 radical (unpaired) electrons. The number of nitrogens with one attached hydrogen (secondary N) is 2. The number of hydrogen-bond donors (Lipinski definition) is 2. The van der Waals surface area contributed by atoms with Crippen LogP contribution < -0.4 is 9.74 Å². The summed E-state index contributed by atoms with van der Waals surface area (Å²) in [6.45, 7) is 13.2. The molecule has 0 fully saturated rings. The van der Waals surface area contributed by atoms with E-state index in [1.54, 1.807) is 0 Å². The van der Waals surface area contributed by atoms with Gasteiger partial charge >= 0.3 is 0 Å². The third-order valence-electron chi connectivity index (χ3n) is 4.12. The predicted octanol–water partition coefficient (Wildman–Crippen LogP) is 4.89. The van der Waals surface area contributed by atoms with Crippen LogP contribution in [0.4, 0.5) is 5.69 Å². The van der Waals surface area contributed by atoms with E-state index in [0.29, 0.717) is 5.71 Å². The van der Waals surface area contributed by atoms with Gasteiger partial charge in [0.2, 0.25) is 8.32 Å². The Morgan fingerprint density at radius 1 is 1.30 bits per heavy atom. The van der Waals surface area contributed by atoms with Crippen molar-refractivity contribution in [3.8, 4) is 5.75 Å². The highest BCUT2D eigenvalue weighted by molar-refractivity contribution is 6.74. The average molecular weight is 292 g/mol. The quantitative estimate of drug-likeness (QED) is 0.599. The molecule has 0 spiro atoms. The smallest absolute Gasteiger partial charge is 0.250 e. The van der Waals surface area contributed by atoms with E-state index in [2.05, 4.69) is 39.2 Å². The normalized spacial score (nSPS) is 12.2. The van der Waals surface area contributed by atoms with Gasteiger partial charge in [-0.25, -0.2) is 0 Å². The SMILES string of the molecule is CCC(=N)c1cc(O[Si](C)(C)C(C)(C)C)ccc1NC. The van der Waals surface area contributed by atoms with Crippen molar-refractivity contribution in [1.29, 1.82) is 5.41 Å². The molecule has 0 aliphatic heterocycles. The van der Waals surface area contributed by atoms with Gasteiger partial charge in [0.25, 0.3) is 0 Å². The van der Waals surface area contributed by atoms with Crippen molar-refractivity contribution in [2.24, 2.45) is 0 Å². The maximum atomic E-state index is 8.09. The summed E-state index contributed by atoms with van der Waals surface area (Å²) in [4.78, 5) is 0. The highest BCUT2D eigenvalue weighted by atomic mass is 28.4. The van der Waals surface area contributed by atoms with Crippen molar-refractivity contribution in [2.45, 2.75) is 52.2 Å². The van der Waals surface area contributed by atoms with E-state index in [-0.39, 0.29) is 5.04 Å². The fourth-order valence-corrected chi connectivity index (χ4v) is 2.72. The maximum Gasteiger partial charge on any atom is 0.250 e. The summed E-state index contributed by atoms with van der Waals surface area (Å²) in [5.41, 5.74) is 2.56. The molecular weight excluding hydrogens is 264 g/mol. The van der Waals surface area contributed by atoms with Gasteiger partial charge in [-0.15, -0.1) is 0 Å². The number of hydrogen-bond acceptors (Lipinski definition) is 3. The summed E-state index contributed by atoms with van der Waals surface area (Å²) in [6.07, 6.45) is 0.720. The van der Waals surface area contributed by atoms with E-state index in [1.807, 2.05) is 32.2 Å². The molecule has 1 aromatic rings. The minimum atomic E-state index is -1.83. The summed E-state index contributed by atoms with van der Waals surface area (Å²) in [7, 11) is 0.0530. The third kappa shape index (κ3) is 3.63. The third-order valence-corrected chi connectivity index (χ3v) is 8.48. The molecule has 20 heavy (non-hydrogen) atoms.